The van der Waals surface area contributed by atoms with Gasteiger partial charge in [-0.1, -0.05) is 26.2 Å². The minimum absolute atomic E-state index is 0.501. The van der Waals surface area contributed by atoms with E-state index in [9.17, 15) is 0 Å². The fourth-order valence-electron chi connectivity index (χ4n) is 3.58. The summed E-state index contributed by atoms with van der Waals surface area (Å²) in [6, 6.07) is 0.501. The lowest BCUT2D eigenvalue weighted by molar-refractivity contribution is 0.217. The molecule has 1 saturated heterocycles. The fourth-order valence-corrected chi connectivity index (χ4v) is 4.79. The van der Waals surface area contributed by atoms with E-state index < -0.39 is 0 Å². The molecule has 1 nitrogen and oxygen atoms in total. The van der Waals surface area contributed by atoms with E-state index in [0.717, 1.165) is 17.8 Å². The summed E-state index contributed by atoms with van der Waals surface area (Å²) < 4.78 is 0. The fraction of sp³-hybridized carbons (Fsp3) is 1.00. The predicted molar refractivity (Wildman–Crippen MR) is 78.4 cm³/mol. The molecule has 2 rings (SSSR count). The highest BCUT2D eigenvalue weighted by molar-refractivity contribution is 7.99. The Labute approximate surface area is 111 Å². The zero-order valence-electron chi connectivity index (χ0n) is 11.4. The van der Waals surface area contributed by atoms with Crippen molar-refractivity contribution in [2.24, 2.45) is 23.5 Å². The van der Waals surface area contributed by atoms with Crippen molar-refractivity contribution in [3.8, 4) is 0 Å². The Morgan fingerprint density at radius 1 is 1.00 bits per heavy atom. The van der Waals surface area contributed by atoms with Crippen molar-refractivity contribution in [3.63, 3.8) is 0 Å². The van der Waals surface area contributed by atoms with Crippen molar-refractivity contribution in [2.45, 2.75) is 64.3 Å². The van der Waals surface area contributed by atoms with Gasteiger partial charge in [0, 0.05) is 6.04 Å². The molecule has 100 valence electrons. The Hall–Kier alpha value is 0.310. The number of rotatable bonds is 4. The molecule has 1 atom stereocenters. The molecule has 1 heterocycles. The van der Waals surface area contributed by atoms with Gasteiger partial charge < -0.3 is 5.73 Å². The second-order valence-corrected chi connectivity index (χ2v) is 7.37. The quantitative estimate of drug-likeness (QED) is 0.819. The van der Waals surface area contributed by atoms with Crippen molar-refractivity contribution in [2.75, 3.05) is 11.5 Å². The first-order valence-electron chi connectivity index (χ1n) is 7.63. The summed E-state index contributed by atoms with van der Waals surface area (Å²) in [7, 11) is 0. The van der Waals surface area contributed by atoms with Crippen LogP contribution >= 0.6 is 11.8 Å². The van der Waals surface area contributed by atoms with E-state index in [0.29, 0.717) is 6.04 Å². The van der Waals surface area contributed by atoms with Gasteiger partial charge in [0.2, 0.25) is 0 Å². The lowest BCUT2D eigenvalue weighted by Crippen LogP contribution is -2.35. The first kappa shape index (κ1) is 13.7. The van der Waals surface area contributed by atoms with Gasteiger partial charge in [0.25, 0.3) is 0 Å². The molecule has 2 N–H and O–H groups in total. The second kappa shape index (κ2) is 7.04. The Bertz CT molecular complexity index is 205. The van der Waals surface area contributed by atoms with Crippen molar-refractivity contribution < 1.29 is 0 Å². The molecule has 0 spiro atoms. The highest BCUT2D eigenvalue weighted by Crippen LogP contribution is 2.35. The largest absolute Gasteiger partial charge is 0.327 e. The maximum atomic E-state index is 6.46. The van der Waals surface area contributed by atoms with Crippen LogP contribution in [0.5, 0.6) is 0 Å². The standard InChI is InChI=1S/C15H29NS/c1-2-12-3-5-14(6-4-12)15(16)11-13-7-9-17-10-8-13/h12-15H,2-11,16H2,1H3. The maximum absolute atomic E-state index is 6.46. The van der Waals surface area contributed by atoms with Gasteiger partial charge in [0.1, 0.15) is 0 Å². The Morgan fingerprint density at radius 2 is 1.65 bits per heavy atom. The number of hydrogen-bond acceptors (Lipinski definition) is 2. The van der Waals surface area contributed by atoms with Gasteiger partial charge in [0.15, 0.2) is 0 Å². The van der Waals surface area contributed by atoms with E-state index in [1.807, 2.05) is 0 Å². The molecule has 0 radical (unpaired) electrons. The van der Waals surface area contributed by atoms with E-state index in [4.69, 9.17) is 5.73 Å². The molecule has 0 bridgehead atoms. The van der Waals surface area contributed by atoms with Gasteiger partial charge >= 0.3 is 0 Å². The van der Waals surface area contributed by atoms with E-state index in [1.54, 1.807) is 0 Å². The molecular weight excluding hydrogens is 226 g/mol. The predicted octanol–water partition coefficient (Wildman–Crippen LogP) is 4.06. The smallest absolute Gasteiger partial charge is 0.00698 e. The SMILES string of the molecule is CCC1CCC(C(N)CC2CCSCC2)CC1. The summed E-state index contributed by atoms with van der Waals surface area (Å²) >= 11 is 2.12. The monoisotopic (exact) mass is 255 g/mol. The van der Waals surface area contributed by atoms with E-state index in [-0.39, 0.29) is 0 Å². The molecule has 0 amide bonds. The van der Waals surface area contributed by atoms with Gasteiger partial charge in [0.05, 0.1) is 0 Å². The first-order chi connectivity index (χ1) is 8.29. The summed E-state index contributed by atoms with van der Waals surface area (Å²) in [6.45, 7) is 2.34. The van der Waals surface area contributed by atoms with Crippen LogP contribution in [0.25, 0.3) is 0 Å². The van der Waals surface area contributed by atoms with E-state index >= 15 is 0 Å². The minimum atomic E-state index is 0.501. The Morgan fingerprint density at radius 3 is 2.24 bits per heavy atom. The molecule has 0 aromatic heterocycles. The van der Waals surface area contributed by atoms with Gasteiger partial charge in [-0.05, 0) is 61.4 Å². The molecule has 2 heteroatoms. The third-order valence-corrected chi connectivity index (χ3v) is 6.07. The van der Waals surface area contributed by atoms with Gasteiger partial charge in [-0.2, -0.15) is 11.8 Å². The molecule has 1 aliphatic heterocycles. The number of nitrogens with two attached hydrogens (primary N) is 1. The summed E-state index contributed by atoms with van der Waals surface area (Å²) in [5.74, 6) is 5.53. The zero-order valence-corrected chi connectivity index (χ0v) is 12.2. The van der Waals surface area contributed by atoms with Crippen LogP contribution in [-0.2, 0) is 0 Å². The van der Waals surface area contributed by atoms with Crippen LogP contribution in [0.15, 0.2) is 0 Å². The lowest BCUT2D eigenvalue weighted by atomic mass is 9.75. The highest BCUT2D eigenvalue weighted by atomic mass is 32.2. The lowest BCUT2D eigenvalue weighted by Gasteiger charge is -2.34. The molecule has 2 fully saturated rings. The van der Waals surface area contributed by atoms with Gasteiger partial charge in [-0.25, -0.2) is 0 Å². The van der Waals surface area contributed by atoms with Crippen LogP contribution in [0.1, 0.15) is 58.3 Å². The van der Waals surface area contributed by atoms with Crippen molar-refractivity contribution in [1.29, 1.82) is 0 Å². The molecule has 1 aliphatic carbocycles. The molecule has 1 unspecified atom stereocenters. The maximum Gasteiger partial charge on any atom is 0.00698 e. The van der Waals surface area contributed by atoms with Crippen molar-refractivity contribution >= 4 is 11.8 Å². The number of hydrogen-bond donors (Lipinski definition) is 1. The summed E-state index contributed by atoms with van der Waals surface area (Å²) in [5, 5.41) is 0. The van der Waals surface area contributed by atoms with E-state index in [2.05, 4.69) is 18.7 Å². The molecule has 17 heavy (non-hydrogen) atoms. The Kier molecular flexibility index (Phi) is 5.68. The van der Waals surface area contributed by atoms with E-state index in [1.165, 1.54) is 62.9 Å². The van der Waals surface area contributed by atoms with Gasteiger partial charge in [-0.3, -0.25) is 0 Å². The molecule has 0 aromatic carbocycles. The average Bonchev–Trinajstić information content (AvgIpc) is 2.40. The Balaban J connectivity index is 1.70. The topological polar surface area (TPSA) is 26.0 Å². The second-order valence-electron chi connectivity index (χ2n) is 6.14. The number of thioether (sulfide) groups is 1. The van der Waals surface area contributed by atoms with Crippen LogP contribution < -0.4 is 5.73 Å². The van der Waals surface area contributed by atoms with Crippen LogP contribution in [0.4, 0.5) is 0 Å². The molecule has 2 aliphatic rings. The van der Waals surface area contributed by atoms with Crippen LogP contribution in [0.2, 0.25) is 0 Å². The molecule has 1 saturated carbocycles. The summed E-state index contributed by atoms with van der Waals surface area (Å²) in [6.07, 6.45) is 11.2. The summed E-state index contributed by atoms with van der Waals surface area (Å²) in [4.78, 5) is 0. The van der Waals surface area contributed by atoms with Gasteiger partial charge in [-0.15, -0.1) is 0 Å². The van der Waals surface area contributed by atoms with Crippen LogP contribution in [0.3, 0.4) is 0 Å². The van der Waals surface area contributed by atoms with Crippen LogP contribution in [-0.4, -0.2) is 17.5 Å². The zero-order chi connectivity index (χ0) is 12.1. The highest BCUT2D eigenvalue weighted by Gasteiger charge is 2.27. The summed E-state index contributed by atoms with van der Waals surface area (Å²) in [5.41, 5.74) is 6.46. The average molecular weight is 255 g/mol. The molecular formula is C15H29NS. The third-order valence-electron chi connectivity index (χ3n) is 5.02. The molecule has 0 aromatic rings. The normalized spacial score (nSPS) is 33.5. The minimum Gasteiger partial charge on any atom is -0.327 e. The third kappa shape index (κ3) is 4.17. The first-order valence-corrected chi connectivity index (χ1v) is 8.78. The van der Waals surface area contributed by atoms with Crippen molar-refractivity contribution in [1.82, 2.24) is 0 Å². The van der Waals surface area contributed by atoms with Crippen LogP contribution in [0, 0.1) is 17.8 Å². The van der Waals surface area contributed by atoms with Crippen molar-refractivity contribution in [3.05, 3.63) is 0 Å².